The van der Waals surface area contributed by atoms with Gasteiger partial charge in [-0.3, -0.25) is 4.79 Å². The Hall–Kier alpha value is -2.18. The summed E-state index contributed by atoms with van der Waals surface area (Å²) in [5.74, 6) is -0.181. The number of amides is 1. The van der Waals surface area contributed by atoms with Gasteiger partial charge in [0.2, 0.25) is 15.9 Å². The first-order valence-electron chi connectivity index (χ1n) is 10.8. The van der Waals surface area contributed by atoms with Crippen molar-refractivity contribution in [1.29, 1.82) is 0 Å². The summed E-state index contributed by atoms with van der Waals surface area (Å²) in [4.78, 5) is 13.3. The highest BCUT2D eigenvalue weighted by Gasteiger charge is 2.33. The molecule has 5 nitrogen and oxygen atoms in total. The van der Waals surface area contributed by atoms with Crippen LogP contribution in [0, 0.1) is 19.8 Å². The number of hydrogen-bond acceptors (Lipinski definition) is 3. The second kappa shape index (κ2) is 9.31. The maximum absolute atomic E-state index is 13.1. The minimum atomic E-state index is -3.54. The number of piperidine rings is 1. The third-order valence-electron chi connectivity index (χ3n) is 6.02. The summed E-state index contributed by atoms with van der Waals surface area (Å²) in [6, 6.07) is 11.5. The number of anilines is 1. The molecule has 0 unspecified atom stereocenters. The molecule has 1 fully saturated rings. The van der Waals surface area contributed by atoms with E-state index in [1.165, 1.54) is 4.31 Å². The van der Waals surface area contributed by atoms with Gasteiger partial charge in [-0.2, -0.15) is 4.31 Å². The van der Waals surface area contributed by atoms with Crippen LogP contribution >= 0.6 is 0 Å². The standard InChI is InChI=1S/C24H32N2O3S/c1-5-19-8-7-9-20(6-2)23(19)25-24(27)21-12-14-26(15-13-21)30(28,29)22-11-10-17(3)16-18(22)4/h7-11,16,21H,5-6,12-15H2,1-4H3,(H,25,27). The minimum Gasteiger partial charge on any atom is -0.325 e. The molecular weight excluding hydrogens is 396 g/mol. The van der Waals surface area contributed by atoms with Gasteiger partial charge in [-0.1, -0.05) is 49.7 Å². The van der Waals surface area contributed by atoms with Gasteiger partial charge in [0.1, 0.15) is 0 Å². The van der Waals surface area contributed by atoms with Gasteiger partial charge in [0.25, 0.3) is 0 Å². The van der Waals surface area contributed by atoms with Gasteiger partial charge in [0.05, 0.1) is 4.90 Å². The number of carbonyl (C=O) groups is 1. The molecule has 1 heterocycles. The molecule has 1 N–H and O–H groups in total. The number of carbonyl (C=O) groups excluding carboxylic acids is 1. The highest BCUT2D eigenvalue weighted by molar-refractivity contribution is 7.89. The van der Waals surface area contributed by atoms with Crippen LogP contribution in [0.2, 0.25) is 0 Å². The number of hydrogen-bond donors (Lipinski definition) is 1. The molecule has 30 heavy (non-hydrogen) atoms. The molecule has 162 valence electrons. The van der Waals surface area contributed by atoms with Crippen molar-refractivity contribution in [1.82, 2.24) is 4.31 Å². The Morgan fingerprint density at radius 1 is 1.03 bits per heavy atom. The molecule has 0 saturated carbocycles. The average Bonchev–Trinajstić information content (AvgIpc) is 2.73. The Morgan fingerprint density at radius 2 is 1.63 bits per heavy atom. The first-order chi connectivity index (χ1) is 14.3. The average molecular weight is 429 g/mol. The van der Waals surface area contributed by atoms with Gasteiger partial charge in [-0.25, -0.2) is 8.42 Å². The number of benzene rings is 2. The lowest BCUT2D eigenvalue weighted by Gasteiger charge is -2.31. The van der Waals surface area contributed by atoms with Crippen LogP contribution in [0.4, 0.5) is 5.69 Å². The van der Waals surface area contributed by atoms with Crippen LogP contribution in [-0.2, 0) is 27.7 Å². The van der Waals surface area contributed by atoms with E-state index >= 15 is 0 Å². The number of nitrogens with one attached hydrogen (secondary N) is 1. The van der Waals surface area contributed by atoms with Gasteiger partial charge in [0, 0.05) is 24.7 Å². The molecule has 0 bridgehead atoms. The summed E-state index contributed by atoms with van der Waals surface area (Å²) in [7, 11) is -3.54. The number of aryl methyl sites for hydroxylation is 4. The fourth-order valence-corrected chi connectivity index (χ4v) is 5.89. The first-order valence-corrected chi connectivity index (χ1v) is 12.2. The summed E-state index contributed by atoms with van der Waals surface area (Å²) >= 11 is 0. The molecule has 2 aromatic rings. The molecule has 0 atom stereocenters. The number of para-hydroxylation sites is 1. The van der Waals surface area contributed by atoms with E-state index in [2.05, 4.69) is 19.2 Å². The second-order valence-electron chi connectivity index (χ2n) is 8.09. The molecule has 1 aliphatic heterocycles. The van der Waals surface area contributed by atoms with Crippen molar-refractivity contribution in [3.05, 3.63) is 58.7 Å². The van der Waals surface area contributed by atoms with Gasteiger partial charge in [-0.05, 0) is 62.3 Å². The van der Waals surface area contributed by atoms with Crippen LogP contribution in [0.5, 0.6) is 0 Å². The molecule has 3 rings (SSSR count). The molecular formula is C24H32N2O3S. The fourth-order valence-electron chi connectivity index (χ4n) is 4.21. The second-order valence-corrected chi connectivity index (χ2v) is 10.0. The van der Waals surface area contributed by atoms with Crippen molar-refractivity contribution < 1.29 is 13.2 Å². The van der Waals surface area contributed by atoms with Crippen molar-refractivity contribution in [3.63, 3.8) is 0 Å². The topological polar surface area (TPSA) is 66.5 Å². The smallest absolute Gasteiger partial charge is 0.243 e. The summed E-state index contributed by atoms with van der Waals surface area (Å²) in [6.07, 6.45) is 2.78. The zero-order valence-corrected chi connectivity index (χ0v) is 19.2. The van der Waals surface area contributed by atoms with E-state index in [1.807, 2.05) is 44.2 Å². The normalized spacial score (nSPS) is 15.9. The molecule has 6 heteroatoms. The van der Waals surface area contributed by atoms with Crippen molar-refractivity contribution in [2.45, 2.75) is 58.3 Å². The molecule has 0 spiro atoms. The Labute approximate surface area is 180 Å². The predicted molar refractivity (Wildman–Crippen MR) is 121 cm³/mol. The summed E-state index contributed by atoms with van der Waals surface area (Å²) in [5, 5.41) is 3.14. The van der Waals surface area contributed by atoms with Crippen molar-refractivity contribution in [2.75, 3.05) is 18.4 Å². The lowest BCUT2D eigenvalue weighted by atomic mass is 9.96. The van der Waals surface area contributed by atoms with Crippen LogP contribution in [0.1, 0.15) is 48.9 Å². The molecule has 1 aliphatic rings. The highest BCUT2D eigenvalue weighted by atomic mass is 32.2. The lowest BCUT2D eigenvalue weighted by molar-refractivity contribution is -0.120. The van der Waals surface area contributed by atoms with E-state index < -0.39 is 10.0 Å². The summed E-state index contributed by atoms with van der Waals surface area (Å²) in [6.45, 7) is 8.68. The zero-order valence-electron chi connectivity index (χ0n) is 18.4. The molecule has 0 aromatic heterocycles. The van der Waals surface area contributed by atoms with Gasteiger partial charge in [-0.15, -0.1) is 0 Å². The Balaban J connectivity index is 1.69. The van der Waals surface area contributed by atoms with Gasteiger partial charge in [0.15, 0.2) is 0 Å². The Bertz CT molecular complexity index is 1000. The zero-order chi connectivity index (χ0) is 21.9. The van der Waals surface area contributed by atoms with E-state index in [9.17, 15) is 13.2 Å². The van der Waals surface area contributed by atoms with Gasteiger partial charge < -0.3 is 5.32 Å². The minimum absolute atomic E-state index is 0.00540. The van der Waals surface area contributed by atoms with Crippen LogP contribution in [0.15, 0.2) is 41.3 Å². The van der Waals surface area contributed by atoms with E-state index in [0.29, 0.717) is 30.8 Å². The van der Waals surface area contributed by atoms with Gasteiger partial charge >= 0.3 is 0 Å². The predicted octanol–water partition coefficient (Wildman–Crippen LogP) is 4.47. The largest absolute Gasteiger partial charge is 0.325 e. The monoisotopic (exact) mass is 428 g/mol. The molecule has 2 aromatic carbocycles. The number of sulfonamides is 1. The van der Waals surface area contributed by atoms with Crippen molar-refractivity contribution in [2.24, 2.45) is 5.92 Å². The van der Waals surface area contributed by atoms with E-state index in [-0.39, 0.29) is 11.8 Å². The SMILES string of the molecule is CCc1cccc(CC)c1NC(=O)C1CCN(S(=O)(=O)c2ccc(C)cc2C)CC1. The fraction of sp³-hybridized carbons (Fsp3) is 0.458. The lowest BCUT2D eigenvalue weighted by Crippen LogP contribution is -2.41. The highest BCUT2D eigenvalue weighted by Crippen LogP contribution is 2.28. The van der Waals surface area contributed by atoms with Crippen molar-refractivity contribution in [3.8, 4) is 0 Å². The van der Waals surface area contributed by atoms with Crippen molar-refractivity contribution >= 4 is 21.6 Å². The Morgan fingerprint density at radius 3 is 2.17 bits per heavy atom. The van der Waals surface area contributed by atoms with Crippen LogP contribution in [-0.4, -0.2) is 31.7 Å². The van der Waals surface area contributed by atoms with Crippen LogP contribution in [0.3, 0.4) is 0 Å². The quantitative estimate of drug-likeness (QED) is 0.738. The number of rotatable bonds is 6. The van der Waals surface area contributed by atoms with E-state index in [1.54, 1.807) is 6.07 Å². The third kappa shape index (κ3) is 4.60. The third-order valence-corrected chi connectivity index (χ3v) is 8.08. The van der Waals surface area contributed by atoms with E-state index in [4.69, 9.17) is 0 Å². The van der Waals surface area contributed by atoms with Crippen LogP contribution in [0.25, 0.3) is 0 Å². The molecule has 1 saturated heterocycles. The van der Waals surface area contributed by atoms with Crippen LogP contribution < -0.4 is 5.32 Å². The maximum Gasteiger partial charge on any atom is 0.243 e. The first kappa shape index (κ1) is 22.5. The maximum atomic E-state index is 13.1. The van der Waals surface area contributed by atoms with E-state index in [0.717, 1.165) is 40.8 Å². The number of nitrogens with zero attached hydrogens (tertiary/aromatic N) is 1. The summed E-state index contributed by atoms with van der Waals surface area (Å²) in [5.41, 5.74) is 5.01. The molecule has 0 radical (unpaired) electrons. The Kier molecular flexibility index (Phi) is 6.98. The molecule has 0 aliphatic carbocycles. The summed E-state index contributed by atoms with van der Waals surface area (Å²) < 4.78 is 27.7. The molecule has 1 amide bonds.